The molecule has 2 heterocycles. The first-order valence-corrected chi connectivity index (χ1v) is 12.4. The van der Waals surface area contributed by atoms with Crippen LogP contribution in [0.1, 0.15) is 24.5 Å². The quantitative estimate of drug-likeness (QED) is 0.547. The largest absolute Gasteiger partial charge is 0.402 e. The highest BCUT2D eigenvalue weighted by Gasteiger charge is 2.44. The summed E-state index contributed by atoms with van der Waals surface area (Å²) < 4.78 is 80.4. The number of benzene rings is 2. The Labute approximate surface area is 195 Å². The van der Waals surface area contributed by atoms with Crippen LogP contribution in [0.3, 0.4) is 0 Å². The average Bonchev–Trinajstić information content (AvgIpc) is 3.35. The first kappa shape index (κ1) is 24.5. The van der Waals surface area contributed by atoms with Gasteiger partial charge in [0.25, 0.3) is 0 Å². The molecular weight excluding hydrogens is 474 g/mol. The number of anilines is 1. The Hall–Kier alpha value is -2.66. The summed E-state index contributed by atoms with van der Waals surface area (Å²) in [7, 11) is -4.37. The second-order valence-electron chi connectivity index (χ2n) is 8.77. The van der Waals surface area contributed by atoms with Crippen LogP contribution >= 0.6 is 0 Å². The van der Waals surface area contributed by atoms with Crippen LogP contribution in [0.4, 0.5) is 23.2 Å². The lowest BCUT2D eigenvalue weighted by molar-refractivity contribution is -0.137. The van der Waals surface area contributed by atoms with E-state index in [1.165, 1.54) is 31.2 Å². The minimum absolute atomic E-state index is 0.00449. The maximum absolute atomic E-state index is 15.0. The van der Waals surface area contributed by atoms with Crippen LogP contribution in [-0.4, -0.2) is 61.4 Å². The van der Waals surface area contributed by atoms with Crippen molar-refractivity contribution in [3.8, 4) is 0 Å². The molecule has 2 saturated heterocycles. The zero-order valence-corrected chi connectivity index (χ0v) is 19.3. The van der Waals surface area contributed by atoms with Crippen molar-refractivity contribution in [2.75, 3.05) is 24.5 Å². The van der Waals surface area contributed by atoms with E-state index in [-0.39, 0.29) is 27.9 Å². The average molecular weight is 500 g/mol. The fourth-order valence-corrected chi connectivity index (χ4v) is 6.21. The Morgan fingerprint density at radius 1 is 1.09 bits per heavy atom. The summed E-state index contributed by atoms with van der Waals surface area (Å²) in [5.41, 5.74) is 0.764. The van der Waals surface area contributed by atoms with E-state index in [4.69, 9.17) is 0 Å². The molecule has 2 aromatic carbocycles. The number of sulfonamides is 1. The van der Waals surface area contributed by atoms with Gasteiger partial charge in [0.15, 0.2) is 0 Å². The van der Waals surface area contributed by atoms with Crippen LogP contribution in [-0.2, 0) is 27.1 Å². The second-order valence-corrected chi connectivity index (χ2v) is 10.7. The molecule has 184 valence electrons. The highest BCUT2D eigenvalue weighted by Crippen LogP contribution is 2.35. The number of hydrogen-bond donors (Lipinski definition) is 0. The number of nitrogens with zero attached hydrogens (tertiary/aromatic N) is 3. The van der Waals surface area contributed by atoms with Crippen molar-refractivity contribution in [2.24, 2.45) is 0 Å². The summed E-state index contributed by atoms with van der Waals surface area (Å²) in [5.74, 6) is -1.39. The SMILES string of the molecule is CC(=O)N1C[C@H]2C[C@@H]1CN2c1ccc(CN(CC(F)(F)F)S(=O)(=O)Cc2ccccc2)c(F)c1. The van der Waals surface area contributed by atoms with E-state index in [1.54, 1.807) is 29.2 Å². The van der Waals surface area contributed by atoms with Crippen molar-refractivity contribution in [1.29, 1.82) is 0 Å². The summed E-state index contributed by atoms with van der Waals surface area (Å²) >= 11 is 0. The van der Waals surface area contributed by atoms with Crippen LogP contribution in [0.15, 0.2) is 48.5 Å². The molecule has 4 rings (SSSR count). The Morgan fingerprint density at radius 2 is 1.79 bits per heavy atom. The van der Waals surface area contributed by atoms with Gasteiger partial charge in [0, 0.05) is 43.9 Å². The number of hydrogen-bond acceptors (Lipinski definition) is 4. The normalized spacial score (nSPS) is 20.4. The third kappa shape index (κ3) is 5.35. The van der Waals surface area contributed by atoms with Gasteiger partial charge < -0.3 is 9.80 Å². The summed E-state index contributed by atoms with van der Waals surface area (Å²) in [6.07, 6.45) is -4.00. The monoisotopic (exact) mass is 499 g/mol. The van der Waals surface area contributed by atoms with E-state index in [2.05, 4.69) is 0 Å². The molecule has 2 aromatic rings. The number of likely N-dealkylation sites (tertiary alicyclic amines) is 1. The Kier molecular flexibility index (Phi) is 6.61. The smallest absolute Gasteiger partial charge is 0.365 e. The van der Waals surface area contributed by atoms with Crippen LogP contribution in [0.5, 0.6) is 0 Å². The van der Waals surface area contributed by atoms with Crippen molar-refractivity contribution in [2.45, 2.75) is 43.9 Å². The zero-order valence-electron chi connectivity index (χ0n) is 18.5. The number of amides is 1. The van der Waals surface area contributed by atoms with E-state index >= 15 is 0 Å². The van der Waals surface area contributed by atoms with Gasteiger partial charge in [0.1, 0.15) is 12.4 Å². The van der Waals surface area contributed by atoms with Gasteiger partial charge in [-0.25, -0.2) is 12.8 Å². The molecule has 2 aliphatic rings. The molecular formula is C23H25F4N3O3S. The fraction of sp³-hybridized carbons (Fsp3) is 0.435. The van der Waals surface area contributed by atoms with Crippen molar-refractivity contribution >= 4 is 21.6 Å². The van der Waals surface area contributed by atoms with E-state index in [0.717, 1.165) is 6.42 Å². The number of carbonyl (C=O) groups is 1. The number of halogens is 4. The number of carbonyl (C=O) groups excluding carboxylic acids is 1. The number of piperazine rings is 1. The molecule has 0 N–H and O–H groups in total. The molecule has 6 nitrogen and oxygen atoms in total. The predicted molar refractivity (Wildman–Crippen MR) is 119 cm³/mol. The standard InChI is InChI=1S/C23H25F4N3O3S/c1-16(31)29-12-21-9-20(29)13-30(21)19-8-7-18(22(24)10-19)11-28(15-23(25,26)27)34(32,33)14-17-5-3-2-4-6-17/h2-8,10,20-21H,9,11-15H2,1H3/t20-,21-/m1/s1. The Balaban J connectivity index is 1.52. The molecule has 0 aliphatic carbocycles. The van der Waals surface area contributed by atoms with Crippen LogP contribution < -0.4 is 4.90 Å². The van der Waals surface area contributed by atoms with E-state index in [1.807, 2.05) is 4.90 Å². The molecule has 2 fully saturated rings. The van der Waals surface area contributed by atoms with Crippen LogP contribution in [0.2, 0.25) is 0 Å². The molecule has 0 spiro atoms. The van der Waals surface area contributed by atoms with Gasteiger partial charge >= 0.3 is 6.18 Å². The molecule has 11 heteroatoms. The first-order valence-electron chi connectivity index (χ1n) is 10.8. The van der Waals surface area contributed by atoms with Crippen LogP contribution in [0.25, 0.3) is 0 Å². The molecule has 2 aliphatic heterocycles. The number of alkyl halides is 3. The lowest BCUT2D eigenvalue weighted by Crippen LogP contribution is -2.48. The second kappa shape index (κ2) is 9.18. The van der Waals surface area contributed by atoms with Gasteiger partial charge in [-0.15, -0.1) is 0 Å². The maximum Gasteiger partial charge on any atom is 0.402 e. The zero-order chi connectivity index (χ0) is 24.7. The lowest BCUT2D eigenvalue weighted by Gasteiger charge is -2.35. The predicted octanol–water partition coefficient (Wildman–Crippen LogP) is 3.53. The Morgan fingerprint density at radius 3 is 2.35 bits per heavy atom. The maximum atomic E-state index is 15.0. The minimum Gasteiger partial charge on any atom is -0.365 e. The van der Waals surface area contributed by atoms with Crippen molar-refractivity contribution in [3.63, 3.8) is 0 Å². The van der Waals surface area contributed by atoms with Crippen LogP contribution in [0, 0.1) is 5.82 Å². The molecule has 34 heavy (non-hydrogen) atoms. The third-order valence-corrected chi connectivity index (χ3v) is 8.04. The van der Waals surface area contributed by atoms with Gasteiger partial charge in [-0.1, -0.05) is 36.4 Å². The number of rotatable bonds is 7. The van der Waals surface area contributed by atoms with Gasteiger partial charge in [0.05, 0.1) is 11.8 Å². The van der Waals surface area contributed by atoms with E-state index in [0.29, 0.717) is 24.3 Å². The van der Waals surface area contributed by atoms with Gasteiger partial charge in [-0.3, -0.25) is 4.79 Å². The fourth-order valence-electron chi connectivity index (χ4n) is 4.73. The molecule has 2 atom stereocenters. The van der Waals surface area contributed by atoms with Gasteiger partial charge in [-0.05, 0) is 24.1 Å². The minimum atomic E-state index is -4.78. The third-order valence-electron chi connectivity index (χ3n) is 6.30. The highest BCUT2D eigenvalue weighted by atomic mass is 32.2. The first-order chi connectivity index (χ1) is 15.9. The van der Waals surface area contributed by atoms with Gasteiger partial charge in [-0.2, -0.15) is 17.5 Å². The Bertz CT molecular complexity index is 1160. The molecule has 1 amide bonds. The summed E-state index contributed by atoms with van der Waals surface area (Å²) in [4.78, 5) is 15.5. The van der Waals surface area contributed by atoms with E-state index < -0.39 is 40.9 Å². The molecule has 0 aromatic heterocycles. The topological polar surface area (TPSA) is 60.9 Å². The van der Waals surface area contributed by atoms with Gasteiger partial charge in [0.2, 0.25) is 15.9 Å². The molecule has 0 radical (unpaired) electrons. The van der Waals surface area contributed by atoms with Crippen molar-refractivity contribution in [1.82, 2.24) is 9.21 Å². The molecule has 0 unspecified atom stereocenters. The van der Waals surface area contributed by atoms with Crippen molar-refractivity contribution < 1.29 is 30.8 Å². The molecule has 0 saturated carbocycles. The number of fused-ring (bicyclic) bond motifs is 2. The lowest BCUT2D eigenvalue weighted by atomic mass is 10.1. The van der Waals surface area contributed by atoms with Crippen molar-refractivity contribution in [3.05, 3.63) is 65.5 Å². The van der Waals surface area contributed by atoms with E-state index in [9.17, 15) is 30.8 Å². The summed E-state index contributed by atoms with van der Waals surface area (Å²) in [6.45, 7) is 0.165. The summed E-state index contributed by atoms with van der Waals surface area (Å²) in [6, 6.07) is 12.1. The summed E-state index contributed by atoms with van der Waals surface area (Å²) in [5, 5.41) is 0. The molecule has 2 bridgehead atoms. The highest BCUT2D eigenvalue weighted by molar-refractivity contribution is 7.88.